The highest BCUT2D eigenvalue weighted by molar-refractivity contribution is 7.13. The van der Waals surface area contributed by atoms with Gasteiger partial charge in [0.25, 0.3) is 0 Å². The van der Waals surface area contributed by atoms with Crippen LogP contribution in [-0.4, -0.2) is 51.2 Å². The van der Waals surface area contributed by atoms with Crippen molar-refractivity contribution in [2.24, 2.45) is 0 Å². The first-order chi connectivity index (χ1) is 14.9. The molecule has 0 bridgehead atoms. The summed E-state index contributed by atoms with van der Waals surface area (Å²) in [5.41, 5.74) is 1.76. The van der Waals surface area contributed by atoms with Crippen LogP contribution in [0.1, 0.15) is 31.9 Å². The summed E-state index contributed by atoms with van der Waals surface area (Å²) in [5.74, 6) is 0.750. The number of aryl methyl sites for hydroxylation is 1. The summed E-state index contributed by atoms with van der Waals surface area (Å²) >= 11 is 7.33. The van der Waals surface area contributed by atoms with E-state index in [1.54, 1.807) is 12.1 Å². The van der Waals surface area contributed by atoms with Crippen LogP contribution in [0.25, 0.3) is 11.4 Å². The second-order valence-corrected chi connectivity index (χ2v) is 8.96. The van der Waals surface area contributed by atoms with Crippen LogP contribution in [0.2, 0.25) is 5.02 Å². The number of halogens is 1. The molecule has 2 atom stereocenters. The molecule has 0 saturated carbocycles. The van der Waals surface area contributed by atoms with Crippen LogP contribution in [0.4, 0.5) is 5.13 Å². The van der Waals surface area contributed by atoms with Crippen LogP contribution in [0.15, 0.2) is 34.2 Å². The number of hydrogen-bond donors (Lipinski definition) is 1. The number of hydrogen-bond acceptors (Lipinski definition) is 8. The average molecular weight is 462 g/mol. The molecular weight excluding hydrogens is 438 g/mol. The van der Waals surface area contributed by atoms with Gasteiger partial charge in [0.05, 0.1) is 17.9 Å². The summed E-state index contributed by atoms with van der Waals surface area (Å²) in [4.78, 5) is 23.5. The van der Waals surface area contributed by atoms with Gasteiger partial charge in [-0.3, -0.25) is 9.69 Å². The fourth-order valence-corrected chi connectivity index (χ4v) is 4.40. The van der Waals surface area contributed by atoms with E-state index in [1.165, 1.54) is 11.3 Å². The van der Waals surface area contributed by atoms with Gasteiger partial charge in [0.15, 0.2) is 5.13 Å². The lowest BCUT2D eigenvalue weighted by Crippen LogP contribution is -2.44. The molecule has 3 heterocycles. The molecule has 3 aromatic rings. The summed E-state index contributed by atoms with van der Waals surface area (Å²) in [7, 11) is 0. The van der Waals surface area contributed by atoms with Gasteiger partial charge in [0.2, 0.25) is 17.6 Å². The first-order valence-corrected chi connectivity index (χ1v) is 11.4. The van der Waals surface area contributed by atoms with Crippen LogP contribution in [-0.2, 0) is 22.5 Å². The van der Waals surface area contributed by atoms with Crippen molar-refractivity contribution in [2.45, 2.75) is 45.4 Å². The smallest absolute Gasteiger partial charge is 0.227 e. The predicted molar refractivity (Wildman–Crippen MR) is 119 cm³/mol. The van der Waals surface area contributed by atoms with Crippen molar-refractivity contribution in [3.8, 4) is 11.4 Å². The molecule has 4 rings (SSSR count). The maximum Gasteiger partial charge on any atom is 0.227 e. The van der Waals surface area contributed by atoms with Gasteiger partial charge in [0.1, 0.15) is 0 Å². The standard InChI is InChI=1S/C21H24ClN5O3S/c1-13-9-27(10-14(2)29-13)11-17-12-31-21(23-17)24-18(28)7-8-19-25-20(26-30-19)15-3-5-16(22)6-4-15/h3-6,12-14H,7-11H2,1-2H3,(H,23,24,28)/t13-,14-/m1/s1. The van der Waals surface area contributed by atoms with Crippen molar-refractivity contribution in [3.05, 3.63) is 46.3 Å². The Morgan fingerprint density at radius 3 is 2.71 bits per heavy atom. The number of aromatic nitrogens is 3. The molecule has 10 heteroatoms. The third-order valence-electron chi connectivity index (χ3n) is 4.82. The summed E-state index contributed by atoms with van der Waals surface area (Å²) < 4.78 is 11.0. The number of rotatable bonds is 7. The zero-order chi connectivity index (χ0) is 21.8. The summed E-state index contributed by atoms with van der Waals surface area (Å²) in [5, 5.41) is 10.0. The second kappa shape index (κ2) is 9.86. The summed E-state index contributed by atoms with van der Waals surface area (Å²) in [6.45, 7) is 6.67. The van der Waals surface area contributed by atoms with Gasteiger partial charge in [-0.1, -0.05) is 16.8 Å². The van der Waals surface area contributed by atoms with E-state index in [4.69, 9.17) is 20.9 Å². The van der Waals surface area contributed by atoms with Gasteiger partial charge in [0, 0.05) is 48.4 Å². The Hall–Kier alpha value is -2.33. The first kappa shape index (κ1) is 21.9. The SMILES string of the molecule is C[C@@H]1CN(Cc2csc(NC(=O)CCc3nc(-c4ccc(Cl)cc4)no3)n2)C[C@@H](C)O1. The van der Waals surface area contributed by atoms with Gasteiger partial charge >= 0.3 is 0 Å². The number of anilines is 1. The number of thiazole rings is 1. The average Bonchev–Trinajstić information content (AvgIpc) is 3.36. The van der Waals surface area contributed by atoms with Gasteiger partial charge in [-0.15, -0.1) is 11.3 Å². The van der Waals surface area contributed by atoms with Gasteiger partial charge in [-0.05, 0) is 38.1 Å². The number of carbonyl (C=O) groups is 1. The molecule has 0 unspecified atom stereocenters. The number of ether oxygens (including phenoxy) is 1. The van der Waals surface area contributed by atoms with Crippen molar-refractivity contribution in [3.63, 3.8) is 0 Å². The topological polar surface area (TPSA) is 93.4 Å². The molecule has 0 radical (unpaired) electrons. The van der Waals surface area contributed by atoms with Crippen LogP contribution >= 0.6 is 22.9 Å². The van der Waals surface area contributed by atoms with Crippen LogP contribution in [0.5, 0.6) is 0 Å². The van der Waals surface area contributed by atoms with E-state index in [0.29, 0.717) is 28.3 Å². The minimum atomic E-state index is -0.138. The third kappa shape index (κ3) is 6.10. The van der Waals surface area contributed by atoms with Gasteiger partial charge < -0.3 is 14.6 Å². The maximum absolute atomic E-state index is 12.3. The van der Waals surface area contributed by atoms with Crippen LogP contribution in [0.3, 0.4) is 0 Å². The Balaban J connectivity index is 1.25. The highest BCUT2D eigenvalue weighted by atomic mass is 35.5. The maximum atomic E-state index is 12.3. The fraction of sp³-hybridized carbons (Fsp3) is 0.429. The Labute approximate surface area is 189 Å². The number of morpholine rings is 1. The Morgan fingerprint density at radius 1 is 1.23 bits per heavy atom. The van der Waals surface area contributed by atoms with Crippen LogP contribution < -0.4 is 5.32 Å². The second-order valence-electron chi connectivity index (χ2n) is 7.66. The van der Waals surface area contributed by atoms with Gasteiger partial charge in [-0.2, -0.15) is 4.98 Å². The highest BCUT2D eigenvalue weighted by Crippen LogP contribution is 2.21. The zero-order valence-electron chi connectivity index (χ0n) is 17.4. The number of benzene rings is 1. The number of nitrogens with zero attached hydrogens (tertiary/aromatic N) is 4. The number of nitrogens with one attached hydrogen (secondary N) is 1. The molecule has 1 aromatic carbocycles. The van der Waals surface area contributed by atoms with E-state index in [9.17, 15) is 4.79 Å². The Kier molecular flexibility index (Phi) is 6.96. The lowest BCUT2D eigenvalue weighted by molar-refractivity contribution is -0.116. The zero-order valence-corrected chi connectivity index (χ0v) is 18.9. The molecule has 164 valence electrons. The fourth-order valence-electron chi connectivity index (χ4n) is 3.55. The molecule has 2 aromatic heterocycles. The molecule has 1 fully saturated rings. The molecule has 1 aliphatic rings. The van der Waals surface area contributed by atoms with Crippen molar-refractivity contribution < 1.29 is 14.1 Å². The largest absolute Gasteiger partial charge is 0.373 e. The Bertz CT molecular complexity index is 1010. The molecule has 31 heavy (non-hydrogen) atoms. The molecular formula is C21H24ClN5O3S. The number of amides is 1. The molecule has 0 aliphatic carbocycles. The highest BCUT2D eigenvalue weighted by Gasteiger charge is 2.23. The van der Waals surface area contributed by atoms with Crippen molar-refractivity contribution in [2.75, 3.05) is 18.4 Å². The number of carbonyl (C=O) groups excluding carboxylic acids is 1. The summed E-state index contributed by atoms with van der Waals surface area (Å²) in [6.07, 6.45) is 1.02. The quantitative estimate of drug-likeness (QED) is 0.567. The molecule has 1 aliphatic heterocycles. The minimum absolute atomic E-state index is 0.138. The van der Waals surface area contributed by atoms with Crippen molar-refractivity contribution in [1.82, 2.24) is 20.0 Å². The molecule has 1 amide bonds. The minimum Gasteiger partial charge on any atom is -0.373 e. The van der Waals surface area contributed by atoms with Crippen molar-refractivity contribution >= 4 is 34.0 Å². The van der Waals surface area contributed by atoms with E-state index >= 15 is 0 Å². The van der Waals surface area contributed by atoms with E-state index in [-0.39, 0.29) is 24.5 Å². The lowest BCUT2D eigenvalue weighted by atomic mass is 10.2. The molecule has 1 N–H and O–H groups in total. The van der Waals surface area contributed by atoms with E-state index in [1.807, 2.05) is 17.5 Å². The van der Waals surface area contributed by atoms with E-state index in [2.05, 4.69) is 39.2 Å². The normalized spacial score (nSPS) is 19.5. The van der Waals surface area contributed by atoms with Crippen molar-refractivity contribution in [1.29, 1.82) is 0 Å². The van der Waals surface area contributed by atoms with Crippen LogP contribution in [0, 0.1) is 0 Å². The monoisotopic (exact) mass is 461 g/mol. The van der Waals surface area contributed by atoms with E-state index < -0.39 is 0 Å². The lowest BCUT2D eigenvalue weighted by Gasteiger charge is -2.34. The molecule has 8 nitrogen and oxygen atoms in total. The Morgan fingerprint density at radius 2 is 1.97 bits per heavy atom. The van der Waals surface area contributed by atoms with Gasteiger partial charge in [-0.25, -0.2) is 4.98 Å². The first-order valence-electron chi connectivity index (χ1n) is 10.1. The predicted octanol–water partition coefficient (Wildman–Crippen LogP) is 4.03. The third-order valence-corrected chi connectivity index (χ3v) is 5.87. The molecule has 1 saturated heterocycles. The molecule has 0 spiro atoms. The summed E-state index contributed by atoms with van der Waals surface area (Å²) in [6, 6.07) is 7.18. The van der Waals surface area contributed by atoms with E-state index in [0.717, 1.165) is 30.9 Å².